The molecule has 0 saturated carbocycles. The number of benzene rings is 2. The minimum atomic E-state index is -3.24. The number of anilines is 2. The molecule has 5 rings (SSSR count). The highest BCUT2D eigenvalue weighted by Gasteiger charge is 2.25. The van der Waals surface area contributed by atoms with E-state index in [1.807, 2.05) is 24.3 Å². The molecule has 0 atom stereocenters. The van der Waals surface area contributed by atoms with Crippen molar-refractivity contribution in [1.82, 2.24) is 19.3 Å². The Hall–Kier alpha value is -3.29. The Kier molecular flexibility index (Phi) is 7.01. The van der Waals surface area contributed by atoms with Gasteiger partial charge in [0.1, 0.15) is 5.82 Å². The van der Waals surface area contributed by atoms with Gasteiger partial charge in [-0.15, -0.1) is 0 Å². The van der Waals surface area contributed by atoms with Gasteiger partial charge in [0.2, 0.25) is 10.0 Å². The van der Waals surface area contributed by atoms with Gasteiger partial charge in [-0.1, -0.05) is 35.0 Å². The fraction of sp³-hybridized carbons (Fsp3) is 0.240. The lowest BCUT2D eigenvalue weighted by Crippen LogP contribution is -2.41. The topological polar surface area (TPSA) is 141 Å². The molecule has 12 heteroatoms. The van der Waals surface area contributed by atoms with Crippen LogP contribution in [0, 0.1) is 0 Å². The van der Waals surface area contributed by atoms with E-state index >= 15 is 0 Å². The number of nitrogens with one attached hydrogen (secondary N) is 2. The average Bonchev–Trinajstić information content (AvgIpc) is 2.88. The van der Waals surface area contributed by atoms with Crippen LogP contribution in [-0.4, -0.2) is 62.2 Å². The highest BCUT2D eigenvalue weighted by atomic mass is 32.3. The van der Waals surface area contributed by atoms with Crippen LogP contribution in [0.15, 0.2) is 78.1 Å². The summed E-state index contributed by atoms with van der Waals surface area (Å²) in [5.41, 5.74) is 3.55. The van der Waals surface area contributed by atoms with E-state index in [0.29, 0.717) is 47.8 Å². The van der Waals surface area contributed by atoms with Crippen LogP contribution in [0.4, 0.5) is 11.5 Å². The van der Waals surface area contributed by atoms with Gasteiger partial charge < -0.3 is 5.32 Å². The first-order valence-electron chi connectivity index (χ1n) is 11.7. The van der Waals surface area contributed by atoms with E-state index < -0.39 is 20.8 Å². The molecule has 1 aliphatic rings. The molecule has 0 amide bonds. The summed E-state index contributed by atoms with van der Waals surface area (Å²) in [4.78, 5) is 13.9. The molecule has 37 heavy (non-hydrogen) atoms. The van der Waals surface area contributed by atoms with Crippen LogP contribution in [-0.2, 0) is 10.0 Å². The highest BCUT2D eigenvalue weighted by molar-refractivity contribution is 8.25. The summed E-state index contributed by atoms with van der Waals surface area (Å²) in [5, 5.41) is 3.38. The molecular formula is C25H28N6O4S2. The third-order valence-corrected chi connectivity index (χ3v) is 8.97. The summed E-state index contributed by atoms with van der Waals surface area (Å²) in [7, 11) is -6.40. The molecule has 4 N–H and O–H groups in total. The largest absolute Gasteiger partial charge is 0.366 e. The van der Waals surface area contributed by atoms with E-state index in [0.717, 1.165) is 16.6 Å². The summed E-state index contributed by atoms with van der Waals surface area (Å²) < 4.78 is 49.0. The van der Waals surface area contributed by atoms with E-state index in [1.54, 1.807) is 48.9 Å². The maximum atomic E-state index is 11.8. The van der Waals surface area contributed by atoms with Crippen LogP contribution in [0.2, 0.25) is 0 Å². The zero-order valence-corrected chi connectivity index (χ0v) is 21.8. The predicted molar refractivity (Wildman–Crippen MR) is 147 cm³/mol. The summed E-state index contributed by atoms with van der Waals surface area (Å²) in [6.07, 6.45) is 7.56. The average molecular weight is 541 g/mol. The molecule has 1 fully saturated rings. The Morgan fingerprint density at radius 3 is 2.41 bits per heavy atom. The number of nitrogens with zero attached hydrogens (tertiary/aromatic N) is 4. The van der Waals surface area contributed by atoms with Crippen molar-refractivity contribution in [3.63, 3.8) is 0 Å². The zero-order valence-electron chi connectivity index (χ0n) is 20.2. The highest BCUT2D eigenvalue weighted by Crippen LogP contribution is 2.47. The van der Waals surface area contributed by atoms with E-state index in [2.05, 4.69) is 20.0 Å². The summed E-state index contributed by atoms with van der Waals surface area (Å²) in [6, 6.07) is 16.2. The minimum absolute atomic E-state index is 0.115. The van der Waals surface area contributed by atoms with Crippen LogP contribution in [0.25, 0.3) is 22.2 Å². The van der Waals surface area contributed by atoms with Gasteiger partial charge in [0.25, 0.3) is 0 Å². The molecule has 0 unspecified atom stereocenters. The number of hydrogen-bond acceptors (Lipinski definition) is 9. The lowest BCUT2D eigenvalue weighted by molar-refractivity contribution is 0.331. The normalized spacial score (nSPS) is 16.0. The first kappa shape index (κ1) is 25.4. The minimum Gasteiger partial charge on any atom is -0.366 e. The number of fused-ring (bicyclic) bond motifs is 1. The lowest BCUT2D eigenvalue weighted by atomic mass is 10.1. The molecule has 3 heterocycles. The first-order chi connectivity index (χ1) is 17.7. The number of aromatic nitrogens is 3. The molecule has 4 aromatic rings. The van der Waals surface area contributed by atoms with Crippen molar-refractivity contribution in [2.45, 2.75) is 23.8 Å². The molecule has 1 saturated heterocycles. The third-order valence-electron chi connectivity index (χ3n) is 6.22. The number of rotatable bonds is 7. The Morgan fingerprint density at radius 1 is 0.919 bits per heavy atom. The Balaban J connectivity index is 1.33. The van der Waals surface area contributed by atoms with Gasteiger partial charge >= 0.3 is 0 Å². The van der Waals surface area contributed by atoms with Crippen LogP contribution < -0.4 is 10.0 Å². The van der Waals surface area contributed by atoms with Gasteiger partial charge in [0, 0.05) is 30.9 Å². The van der Waals surface area contributed by atoms with E-state index in [4.69, 9.17) is 4.98 Å². The first-order valence-corrected chi connectivity index (χ1v) is 15.1. The quantitative estimate of drug-likeness (QED) is 0.263. The van der Waals surface area contributed by atoms with Gasteiger partial charge in [0.05, 0.1) is 40.3 Å². The standard InChI is InChI=1S/C25H28N6O4S2/c1-36(32,33)31-11-9-20(10-12-31)28-25-17-27-23-8-7-18(14-24(23)29-25)19-13-21(16-26-15-19)30-37(34,35)22-5-3-2-4-6-22/h2-8,13-17,20,30,34-35H,9-12H2,1H3,(H,28,29). The Morgan fingerprint density at radius 2 is 1.68 bits per heavy atom. The fourth-order valence-electron chi connectivity index (χ4n) is 4.29. The van der Waals surface area contributed by atoms with Crippen LogP contribution in [0.1, 0.15) is 12.8 Å². The smallest absolute Gasteiger partial charge is 0.211 e. The maximum absolute atomic E-state index is 11.8. The fourth-order valence-corrected chi connectivity index (χ4v) is 6.26. The summed E-state index contributed by atoms with van der Waals surface area (Å²) in [6.45, 7) is 0.960. The van der Waals surface area contributed by atoms with Crippen LogP contribution in [0.5, 0.6) is 0 Å². The van der Waals surface area contributed by atoms with E-state index in [-0.39, 0.29) is 6.04 Å². The predicted octanol–water partition coefficient (Wildman–Crippen LogP) is 4.66. The maximum Gasteiger partial charge on any atom is 0.211 e. The number of hydrogen-bond donors (Lipinski definition) is 4. The van der Waals surface area contributed by atoms with Gasteiger partial charge in [-0.3, -0.25) is 23.8 Å². The summed E-state index contributed by atoms with van der Waals surface area (Å²) in [5.74, 6) is 0.632. The molecule has 2 aromatic carbocycles. The van der Waals surface area contributed by atoms with E-state index in [9.17, 15) is 17.5 Å². The third kappa shape index (κ3) is 6.00. The van der Waals surface area contributed by atoms with Crippen molar-refractivity contribution in [2.75, 3.05) is 29.4 Å². The molecule has 0 spiro atoms. The molecule has 0 bridgehead atoms. The van der Waals surface area contributed by atoms with Gasteiger partial charge in [-0.25, -0.2) is 17.7 Å². The Bertz CT molecular complexity index is 1510. The van der Waals surface area contributed by atoms with Gasteiger partial charge in [0.15, 0.2) is 0 Å². The molecular weight excluding hydrogens is 512 g/mol. The SMILES string of the molecule is CS(=O)(=O)N1CCC(Nc2cnc3ccc(-c4cncc(NS(O)(O)c5ccccc5)c4)cc3n2)CC1. The molecule has 194 valence electrons. The second kappa shape index (κ2) is 10.2. The lowest BCUT2D eigenvalue weighted by Gasteiger charge is -2.33. The van der Waals surface area contributed by atoms with Crippen molar-refractivity contribution in [3.05, 3.63) is 73.2 Å². The number of sulfonamides is 1. The van der Waals surface area contributed by atoms with E-state index in [1.165, 1.54) is 10.6 Å². The van der Waals surface area contributed by atoms with Gasteiger partial charge in [-0.05, 0) is 48.7 Å². The van der Waals surface area contributed by atoms with Crippen molar-refractivity contribution >= 4 is 43.3 Å². The molecule has 10 nitrogen and oxygen atoms in total. The summed E-state index contributed by atoms with van der Waals surface area (Å²) >= 11 is 0. The molecule has 0 aliphatic carbocycles. The van der Waals surface area contributed by atoms with Crippen LogP contribution in [0.3, 0.4) is 0 Å². The van der Waals surface area contributed by atoms with Crippen molar-refractivity contribution < 1.29 is 17.5 Å². The molecule has 1 aliphatic heterocycles. The number of piperidine rings is 1. The second-order valence-corrected chi connectivity index (χ2v) is 12.7. The van der Waals surface area contributed by atoms with Gasteiger partial charge in [-0.2, -0.15) is 0 Å². The molecule has 2 aromatic heterocycles. The van der Waals surface area contributed by atoms with Crippen molar-refractivity contribution in [1.29, 1.82) is 0 Å². The monoisotopic (exact) mass is 540 g/mol. The van der Waals surface area contributed by atoms with Crippen LogP contribution >= 0.6 is 10.8 Å². The second-order valence-electron chi connectivity index (χ2n) is 8.97. The zero-order chi connectivity index (χ0) is 26.0. The van der Waals surface area contributed by atoms with Crippen molar-refractivity contribution in [3.8, 4) is 11.1 Å². The number of pyridine rings is 1. The van der Waals surface area contributed by atoms with Crippen molar-refractivity contribution in [2.24, 2.45) is 0 Å². The molecule has 0 radical (unpaired) electrons. The Labute approximate surface area is 217 Å².